The minimum atomic E-state index is -0.530. The molecule has 1 aliphatic heterocycles. The Balaban J connectivity index is 1.57. The van der Waals surface area contributed by atoms with Gasteiger partial charge in [0.25, 0.3) is 0 Å². The number of halogens is 2. The lowest BCUT2D eigenvalue weighted by Crippen LogP contribution is -2.06. The van der Waals surface area contributed by atoms with E-state index in [1.165, 1.54) is 5.56 Å². The summed E-state index contributed by atoms with van der Waals surface area (Å²) in [6.45, 7) is 2.78. The lowest BCUT2D eigenvalue weighted by molar-refractivity contribution is -0.129. The van der Waals surface area contributed by atoms with E-state index >= 15 is 0 Å². The predicted octanol–water partition coefficient (Wildman–Crippen LogP) is 6.47. The van der Waals surface area contributed by atoms with Gasteiger partial charge in [-0.2, -0.15) is 0 Å². The first-order valence-electron chi connectivity index (χ1n) is 10.5. The molecule has 0 atom stereocenters. The standard InChI is InChI=1S/C26H21BrClNO4/c1-2-31-23-16-18(14-21(28)24(23)32-13-12-17-8-4-3-5-9-17)15-22-26(30)33-25(29-22)19-10-6-7-11-20(19)27/h3-11,14-16H,2,12-13H2,1H3/b22-15-. The molecule has 0 N–H and O–H groups in total. The van der Waals surface area contributed by atoms with E-state index in [0.717, 1.165) is 10.9 Å². The molecule has 0 aliphatic carbocycles. The van der Waals surface area contributed by atoms with Crippen LogP contribution in [0.4, 0.5) is 0 Å². The average Bonchev–Trinajstić information content (AvgIpc) is 3.16. The summed E-state index contributed by atoms with van der Waals surface area (Å²) in [4.78, 5) is 16.8. The Kier molecular flexibility index (Phi) is 7.47. The minimum Gasteiger partial charge on any atom is -0.490 e. The topological polar surface area (TPSA) is 57.1 Å². The number of benzene rings is 3. The van der Waals surface area contributed by atoms with E-state index in [4.69, 9.17) is 25.8 Å². The number of hydrogen-bond donors (Lipinski definition) is 0. The van der Waals surface area contributed by atoms with Crippen molar-refractivity contribution >= 4 is 45.5 Å². The average molecular weight is 527 g/mol. The summed E-state index contributed by atoms with van der Waals surface area (Å²) in [6.07, 6.45) is 2.36. The highest BCUT2D eigenvalue weighted by atomic mass is 79.9. The number of esters is 1. The SMILES string of the molecule is CCOc1cc(/C=C2\N=C(c3ccccc3Br)OC2=O)cc(Cl)c1OCCc1ccccc1. The zero-order valence-electron chi connectivity index (χ0n) is 17.9. The number of carbonyl (C=O) groups excluding carboxylic acids is 1. The van der Waals surface area contributed by atoms with Crippen molar-refractivity contribution in [3.8, 4) is 11.5 Å². The third-order valence-electron chi connectivity index (χ3n) is 4.84. The molecule has 7 heteroatoms. The molecule has 168 valence electrons. The monoisotopic (exact) mass is 525 g/mol. The second-order valence-electron chi connectivity index (χ2n) is 7.16. The van der Waals surface area contributed by atoms with Crippen LogP contribution in [-0.2, 0) is 16.0 Å². The van der Waals surface area contributed by atoms with Crippen LogP contribution < -0.4 is 9.47 Å². The van der Waals surface area contributed by atoms with Gasteiger partial charge in [-0.05, 0) is 64.3 Å². The Morgan fingerprint density at radius 3 is 2.58 bits per heavy atom. The molecule has 0 fully saturated rings. The van der Waals surface area contributed by atoms with Gasteiger partial charge >= 0.3 is 5.97 Å². The molecular formula is C26H21BrClNO4. The number of aliphatic imine (C=N–C) groups is 1. The molecule has 0 spiro atoms. The number of ether oxygens (including phenoxy) is 3. The van der Waals surface area contributed by atoms with Gasteiger partial charge in [0.15, 0.2) is 17.2 Å². The van der Waals surface area contributed by atoms with Crippen molar-refractivity contribution in [3.63, 3.8) is 0 Å². The summed E-state index contributed by atoms with van der Waals surface area (Å²) in [5, 5.41) is 0.391. The number of carbonyl (C=O) groups is 1. The molecule has 5 nitrogen and oxygen atoms in total. The van der Waals surface area contributed by atoms with E-state index < -0.39 is 5.97 Å². The van der Waals surface area contributed by atoms with Crippen molar-refractivity contribution in [2.75, 3.05) is 13.2 Å². The van der Waals surface area contributed by atoms with Crippen LogP contribution >= 0.6 is 27.5 Å². The molecule has 4 rings (SSSR count). The van der Waals surface area contributed by atoms with Gasteiger partial charge in [0.1, 0.15) is 0 Å². The van der Waals surface area contributed by atoms with Gasteiger partial charge in [-0.3, -0.25) is 0 Å². The van der Waals surface area contributed by atoms with Gasteiger partial charge in [0.2, 0.25) is 5.90 Å². The number of cyclic esters (lactones) is 1. The van der Waals surface area contributed by atoms with Crippen LogP contribution in [0.2, 0.25) is 5.02 Å². The van der Waals surface area contributed by atoms with Crippen LogP contribution in [-0.4, -0.2) is 25.1 Å². The van der Waals surface area contributed by atoms with Crippen molar-refractivity contribution in [2.45, 2.75) is 13.3 Å². The molecule has 3 aromatic rings. The van der Waals surface area contributed by atoms with Gasteiger partial charge in [-0.25, -0.2) is 9.79 Å². The zero-order valence-corrected chi connectivity index (χ0v) is 20.2. The summed E-state index contributed by atoms with van der Waals surface area (Å²) in [5.41, 5.74) is 2.70. The third kappa shape index (κ3) is 5.64. The second kappa shape index (κ2) is 10.7. The van der Waals surface area contributed by atoms with E-state index in [1.807, 2.05) is 61.5 Å². The molecule has 0 saturated heterocycles. The van der Waals surface area contributed by atoms with Crippen LogP contribution in [0.25, 0.3) is 6.08 Å². The first-order valence-corrected chi connectivity index (χ1v) is 11.6. The van der Waals surface area contributed by atoms with Crippen molar-refractivity contribution in [3.05, 3.63) is 98.6 Å². The molecule has 33 heavy (non-hydrogen) atoms. The van der Waals surface area contributed by atoms with E-state index in [-0.39, 0.29) is 11.6 Å². The number of hydrogen-bond acceptors (Lipinski definition) is 5. The Morgan fingerprint density at radius 2 is 1.82 bits per heavy atom. The molecule has 0 bridgehead atoms. The Bertz CT molecular complexity index is 1220. The summed E-state index contributed by atoms with van der Waals surface area (Å²) < 4.78 is 17.9. The fourth-order valence-corrected chi connectivity index (χ4v) is 4.03. The fourth-order valence-electron chi connectivity index (χ4n) is 3.31. The van der Waals surface area contributed by atoms with E-state index in [2.05, 4.69) is 20.9 Å². The Morgan fingerprint density at radius 1 is 1.06 bits per heavy atom. The van der Waals surface area contributed by atoms with Crippen molar-refractivity contribution in [1.29, 1.82) is 0 Å². The second-order valence-corrected chi connectivity index (χ2v) is 8.42. The molecule has 1 aliphatic rings. The van der Waals surface area contributed by atoms with Crippen molar-refractivity contribution in [2.24, 2.45) is 4.99 Å². The minimum absolute atomic E-state index is 0.178. The maximum Gasteiger partial charge on any atom is 0.363 e. The van der Waals surface area contributed by atoms with E-state index in [1.54, 1.807) is 18.2 Å². The molecule has 3 aromatic carbocycles. The molecule has 1 heterocycles. The normalized spacial score (nSPS) is 14.2. The van der Waals surface area contributed by atoms with Crippen LogP contribution in [0.1, 0.15) is 23.6 Å². The zero-order chi connectivity index (χ0) is 23.2. The highest BCUT2D eigenvalue weighted by Gasteiger charge is 2.25. The van der Waals surface area contributed by atoms with Gasteiger partial charge in [-0.1, -0.05) is 54.1 Å². The predicted molar refractivity (Wildman–Crippen MR) is 133 cm³/mol. The van der Waals surface area contributed by atoms with Crippen molar-refractivity contribution < 1.29 is 19.0 Å². The van der Waals surface area contributed by atoms with Gasteiger partial charge in [0.05, 0.1) is 23.8 Å². The Hall–Kier alpha value is -3.09. The van der Waals surface area contributed by atoms with Crippen LogP contribution in [0, 0.1) is 0 Å². The van der Waals surface area contributed by atoms with Crippen LogP contribution in [0.3, 0.4) is 0 Å². The van der Waals surface area contributed by atoms with E-state index in [0.29, 0.717) is 40.9 Å². The lowest BCUT2D eigenvalue weighted by Gasteiger charge is -2.14. The number of rotatable bonds is 8. The number of nitrogens with zero attached hydrogens (tertiary/aromatic N) is 1. The molecular weight excluding hydrogens is 506 g/mol. The van der Waals surface area contributed by atoms with Crippen LogP contribution in [0.15, 0.2) is 81.9 Å². The molecule has 0 radical (unpaired) electrons. The molecule has 0 unspecified atom stereocenters. The maximum atomic E-state index is 12.4. The van der Waals surface area contributed by atoms with Crippen molar-refractivity contribution in [1.82, 2.24) is 0 Å². The first-order chi connectivity index (χ1) is 16.0. The largest absolute Gasteiger partial charge is 0.490 e. The summed E-state index contributed by atoms with van der Waals surface area (Å²) in [7, 11) is 0. The first kappa shape index (κ1) is 23.1. The fraction of sp³-hybridized carbons (Fsp3) is 0.154. The van der Waals surface area contributed by atoms with Gasteiger partial charge in [0, 0.05) is 10.9 Å². The van der Waals surface area contributed by atoms with Gasteiger partial charge < -0.3 is 14.2 Å². The third-order valence-corrected chi connectivity index (χ3v) is 5.81. The van der Waals surface area contributed by atoms with E-state index in [9.17, 15) is 4.79 Å². The van der Waals surface area contributed by atoms with Gasteiger partial charge in [-0.15, -0.1) is 0 Å². The molecule has 0 saturated carbocycles. The van der Waals surface area contributed by atoms with Crippen LogP contribution in [0.5, 0.6) is 11.5 Å². The summed E-state index contributed by atoms with van der Waals surface area (Å²) in [5.74, 6) is 0.697. The summed E-state index contributed by atoms with van der Waals surface area (Å²) in [6, 6.07) is 21.0. The quantitative estimate of drug-likeness (QED) is 0.249. The molecule has 0 aromatic heterocycles. The summed E-state index contributed by atoms with van der Waals surface area (Å²) >= 11 is 9.98. The maximum absolute atomic E-state index is 12.4. The highest BCUT2D eigenvalue weighted by molar-refractivity contribution is 9.10. The Labute approximate surface area is 205 Å². The lowest BCUT2D eigenvalue weighted by atomic mass is 10.1. The highest BCUT2D eigenvalue weighted by Crippen LogP contribution is 2.38. The molecule has 0 amide bonds. The smallest absolute Gasteiger partial charge is 0.363 e.